The molecule has 2 aromatic rings. The lowest BCUT2D eigenvalue weighted by Gasteiger charge is -2.26. The summed E-state index contributed by atoms with van der Waals surface area (Å²) >= 11 is 0. The van der Waals surface area contributed by atoms with Crippen molar-refractivity contribution >= 4 is 23.5 Å². The number of aromatic nitrogens is 1. The van der Waals surface area contributed by atoms with Crippen molar-refractivity contribution in [3.8, 4) is 5.75 Å². The number of rotatable bonds is 6. The summed E-state index contributed by atoms with van der Waals surface area (Å²) in [5.41, 5.74) is 0.952. The van der Waals surface area contributed by atoms with Crippen LogP contribution in [0.3, 0.4) is 0 Å². The number of urea groups is 1. The molecule has 0 aliphatic heterocycles. The molecule has 0 saturated carbocycles. The summed E-state index contributed by atoms with van der Waals surface area (Å²) in [5.74, 6) is -0.352. The van der Waals surface area contributed by atoms with E-state index in [1.54, 1.807) is 46.9 Å². The third-order valence-corrected chi connectivity index (χ3v) is 3.87. The van der Waals surface area contributed by atoms with Crippen LogP contribution in [-0.4, -0.2) is 47.3 Å². The number of carbonyl (C=O) groups excluding carboxylic acids is 2. The molecule has 1 heterocycles. The zero-order valence-corrected chi connectivity index (χ0v) is 18.7. The van der Waals surface area contributed by atoms with Crippen LogP contribution in [0.15, 0.2) is 36.5 Å². The molecule has 1 aromatic heterocycles. The standard InChI is InChI=1S/C22H29FN4O4/c1-14-7-8-17(12-24-14)25-20(28)26-18-9-16(23)10-19(11-18)30-15(2)13-27(6)21(29)31-22(3,4)5/h7-12,15H,13H2,1-6H3,(H2,25,26,28)/t15-/m1/s1. The van der Waals surface area contributed by atoms with Crippen molar-refractivity contribution in [3.05, 3.63) is 48.0 Å². The van der Waals surface area contributed by atoms with Crippen LogP contribution in [0.2, 0.25) is 0 Å². The van der Waals surface area contributed by atoms with Gasteiger partial charge in [0.1, 0.15) is 23.3 Å². The van der Waals surface area contributed by atoms with E-state index in [0.29, 0.717) is 5.69 Å². The molecular weight excluding hydrogens is 403 g/mol. The van der Waals surface area contributed by atoms with Gasteiger partial charge in [-0.25, -0.2) is 14.0 Å². The highest BCUT2D eigenvalue weighted by Gasteiger charge is 2.21. The molecule has 0 spiro atoms. The number of halogens is 1. The van der Waals surface area contributed by atoms with Gasteiger partial charge in [0, 0.05) is 30.6 Å². The fraction of sp³-hybridized carbons (Fsp3) is 0.409. The van der Waals surface area contributed by atoms with Crippen LogP contribution >= 0.6 is 0 Å². The summed E-state index contributed by atoms with van der Waals surface area (Å²) in [6.07, 6.45) is 0.601. The maximum atomic E-state index is 14.0. The SMILES string of the molecule is Cc1ccc(NC(=O)Nc2cc(F)cc(O[C@H](C)CN(C)C(=O)OC(C)(C)C)c2)cn1. The number of nitrogens with zero attached hydrogens (tertiary/aromatic N) is 2. The highest BCUT2D eigenvalue weighted by atomic mass is 19.1. The second-order valence-electron chi connectivity index (χ2n) is 8.23. The number of nitrogens with one attached hydrogen (secondary N) is 2. The third-order valence-electron chi connectivity index (χ3n) is 3.87. The molecule has 3 amide bonds. The Morgan fingerprint density at radius 2 is 1.84 bits per heavy atom. The monoisotopic (exact) mass is 432 g/mol. The number of benzene rings is 1. The van der Waals surface area contributed by atoms with Crippen LogP contribution in [0.1, 0.15) is 33.4 Å². The number of hydrogen-bond donors (Lipinski definition) is 2. The van der Waals surface area contributed by atoms with Gasteiger partial charge in [-0.15, -0.1) is 0 Å². The quantitative estimate of drug-likeness (QED) is 0.684. The van der Waals surface area contributed by atoms with Crippen LogP contribution < -0.4 is 15.4 Å². The summed E-state index contributed by atoms with van der Waals surface area (Å²) in [5, 5.41) is 5.18. The van der Waals surface area contributed by atoms with Crippen LogP contribution in [-0.2, 0) is 4.74 Å². The van der Waals surface area contributed by atoms with Crippen LogP contribution in [0.25, 0.3) is 0 Å². The molecule has 0 unspecified atom stereocenters. The molecule has 2 rings (SSSR count). The molecule has 0 aliphatic rings. The van der Waals surface area contributed by atoms with E-state index in [0.717, 1.165) is 5.69 Å². The number of amides is 3. The Labute approximate surface area is 181 Å². The summed E-state index contributed by atoms with van der Waals surface area (Å²) in [4.78, 5) is 29.7. The molecule has 2 N–H and O–H groups in total. The van der Waals surface area contributed by atoms with Gasteiger partial charge >= 0.3 is 12.1 Å². The van der Waals surface area contributed by atoms with Gasteiger partial charge in [0.25, 0.3) is 0 Å². The lowest BCUT2D eigenvalue weighted by atomic mass is 10.2. The van der Waals surface area contributed by atoms with E-state index in [1.165, 1.54) is 29.3 Å². The lowest BCUT2D eigenvalue weighted by Crippen LogP contribution is -2.39. The summed E-state index contributed by atoms with van der Waals surface area (Å²) in [7, 11) is 1.59. The van der Waals surface area contributed by atoms with E-state index >= 15 is 0 Å². The second-order valence-corrected chi connectivity index (χ2v) is 8.23. The molecular formula is C22H29FN4O4. The highest BCUT2D eigenvalue weighted by Crippen LogP contribution is 2.22. The summed E-state index contributed by atoms with van der Waals surface area (Å²) < 4.78 is 25.1. The van der Waals surface area contributed by atoms with Crippen LogP contribution in [0.4, 0.5) is 25.4 Å². The van der Waals surface area contributed by atoms with E-state index in [1.807, 2.05) is 6.92 Å². The van der Waals surface area contributed by atoms with Crippen molar-refractivity contribution in [2.24, 2.45) is 0 Å². The fourth-order valence-electron chi connectivity index (χ4n) is 2.61. The van der Waals surface area contributed by atoms with E-state index in [9.17, 15) is 14.0 Å². The first-order valence-electron chi connectivity index (χ1n) is 9.83. The van der Waals surface area contributed by atoms with Crippen molar-refractivity contribution in [3.63, 3.8) is 0 Å². The smallest absolute Gasteiger partial charge is 0.410 e. The second kappa shape index (κ2) is 10.1. The summed E-state index contributed by atoms with van der Waals surface area (Å²) in [6, 6.07) is 6.82. The van der Waals surface area contributed by atoms with Crippen LogP contribution in [0.5, 0.6) is 5.75 Å². The van der Waals surface area contributed by atoms with E-state index in [2.05, 4.69) is 15.6 Å². The normalized spacial score (nSPS) is 12.0. The molecule has 0 fully saturated rings. The Morgan fingerprint density at radius 1 is 1.16 bits per heavy atom. The van der Waals surface area contributed by atoms with Crippen molar-refractivity contribution in [2.45, 2.75) is 46.3 Å². The predicted octanol–water partition coefficient (Wildman–Crippen LogP) is 4.81. The van der Waals surface area contributed by atoms with Gasteiger partial charge in [0.15, 0.2) is 0 Å². The first-order chi connectivity index (χ1) is 14.4. The van der Waals surface area contributed by atoms with Crippen molar-refractivity contribution < 1.29 is 23.5 Å². The lowest BCUT2D eigenvalue weighted by molar-refractivity contribution is 0.0237. The highest BCUT2D eigenvalue weighted by molar-refractivity contribution is 5.99. The minimum Gasteiger partial charge on any atom is -0.489 e. The maximum Gasteiger partial charge on any atom is 0.410 e. The number of ether oxygens (including phenoxy) is 2. The topological polar surface area (TPSA) is 92.8 Å². The molecule has 0 bridgehead atoms. The Balaban J connectivity index is 1.96. The Morgan fingerprint density at radius 3 is 2.45 bits per heavy atom. The van der Waals surface area contributed by atoms with Gasteiger partial charge in [-0.2, -0.15) is 0 Å². The number of carbonyl (C=O) groups is 2. The Hall–Kier alpha value is -3.36. The van der Waals surface area contributed by atoms with Crippen molar-refractivity contribution in [2.75, 3.05) is 24.2 Å². The predicted molar refractivity (Wildman–Crippen MR) is 117 cm³/mol. The van der Waals surface area contributed by atoms with Crippen molar-refractivity contribution in [1.82, 2.24) is 9.88 Å². The number of likely N-dealkylation sites (N-methyl/N-ethyl adjacent to an activating group) is 1. The van der Waals surface area contributed by atoms with Gasteiger partial charge in [-0.3, -0.25) is 4.98 Å². The number of anilines is 2. The first kappa shape index (κ1) is 23.9. The molecule has 0 radical (unpaired) electrons. The van der Waals surface area contributed by atoms with Gasteiger partial charge in [-0.1, -0.05) is 0 Å². The molecule has 9 heteroatoms. The molecule has 8 nitrogen and oxygen atoms in total. The van der Waals surface area contributed by atoms with E-state index < -0.39 is 29.6 Å². The molecule has 1 atom stereocenters. The third kappa shape index (κ3) is 8.49. The number of aryl methyl sites for hydroxylation is 1. The van der Waals surface area contributed by atoms with Gasteiger partial charge in [0.05, 0.1) is 18.4 Å². The average molecular weight is 432 g/mol. The molecule has 1 aromatic carbocycles. The molecule has 168 valence electrons. The number of hydrogen-bond acceptors (Lipinski definition) is 5. The largest absolute Gasteiger partial charge is 0.489 e. The zero-order valence-electron chi connectivity index (χ0n) is 18.7. The van der Waals surface area contributed by atoms with Crippen molar-refractivity contribution in [1.29, 1.82) is 0 Å². The van der Waals surface area contributed by atoms with Gasteiger partial charge in [-0.05, 0) is 52.8 Å². The van der Waals surface area contributed by atoms with Gasteiger partial charge < -0.3 is 25.0 Å². The van der Waals surface area contributed by atoms with E-state index in [4.69, 9.17) is 9.47 Å². The first-order valence-corrected chi connectivity index (χ1v) is 9.83. The minimum atomic E-state index is -0.603. The minimum absolute atomic E-state index is 0.220. The molecule has 0 saturated heterocycles. The Bertz CT molecular complexity index is 913. The Kier molecular flexibility index (Phi) is 7.79. The van der Waals surface area contributed by atoms with E-state index in [-0.39, 0.29) is 18.0 Å². The zero-order chi connectivity index (χ0) is 23.2. The average Bonchev–Trinajstić information content (AvgIpc) is 2.61. The summed E-state index contributed by atoms with van der Waals surface area (Å²) in [6.45, 7) is 9.16. The number of pyridine rings is 1. The van der Waals surface area contributed by atoms with Crippen LogP contribution in [0, 0.1) is 12.7 Å². The molecule has 31 heavy (non-hydrogen) atoms. The molecule has 0 aliphatic carbocycles. The van der Waals surface area contributed by atoms with Gasteiger partial charge in [0.2, 0.25) is 0 Å². The maximum absolute atomic E-state index is 14.0. The fourth-order valence-corrected chi connectivity index (χ4v) is 2.61.